The van der Waals surface area contributed by atoms with Crippen molar-refractivity contribution in [1.29, 1.82) is 0 Å². The number of nitrogens with one attached hydrogen (secondary N) is 1. The maximum Gasteiger partial charge on any atom is 0.271 e. The monoisotopic (exact) mass is 323 g/mol. The Labute approximate surface area is 133 Å². The Morgan fingerprint density at radius 2 is 2.24 bits per heavy atom. The van der Waals surface area contributed by atoms with Gasteiger partial charge in [0.25, 0.3) is 5.91 Å². The van der Waals surface area contributed by atoms with Crippen LogP contribution in [0.2, 0.25) is 5.02 Å². The van der Waals surface area contributed by atoms with Gasteiger partial charge in [-0.2, -0.15) is 0 Å². The molecule has 0 aliphatic rings. The van der Waals surface area contributed by atoms with Crippen LogP contribution in [0.4, 0.5) is 0 Å². The molecular formula is C15H18ClN3OS. The Balaban J connectivity index is 2.11. The van der Waals surface area contributed by atoms with Gasteiger partial charge in [0.05, 0.1) is 17.8 Å². The predicted molar refractivity (Wildman–Crippen MR) is 86.0 cm³/mol. The van der Waals surface area contributed by atoms with Gasteiger partial charge in [-0.05, 0) is 23.4 Å². The van der Waals surface area contributed by atoms with E-state index in [1.54, 1.807) is 11.3 Å². The third kappa shape index (κ3) is 3.80. The summed E-state index contributed by atoms with van der Waals surface area (Å²) in [5.74, 6) is 0.507. The first-order chi connectivity index (χ1) is 10.0. The van der Waals surface area contributed by atoms with Crippen LogP contribution in [-0.2, 0) is 13.0 Å². The molecule has 6 heteroatoms. The molecule has 4 nitrogen and oxygen atoms in total. The van der Waals surface area contributed by atoms with Crippen molar-refractivity contribution in [3.63, 3.8) is 0 Å². The van der Waals surface area contributed by atoms with E-state index < -0.39 is 0 Å². The molecule has 2 heterocycles. The number of halogens is 1. The number of amides is 1. The first-order valence-corrected chi connectivity index (χ1v) is 8.14. The Bertz CT molecular complexity index is 640. The fraction of sp³-hybridized carbons (Fsp3) is 0.400. The van der Waals surface area contributed by atoms with E-state index in [9.17, 15) is 4.79 Å². The van der Waals surface area contributed by atoms with Crippen LogP contribution in [0.1, 0.15) is 53.4 Å². The maximum absolute atomic E-state index is 12.3. The van der Waals surface area contributed by atoms with E-state index >= 15 is 0 Å². The lowest BCUT2D eigenvalue weighted by Gasteiger charge is -2.09. The van der Waals surface area contributed by atoms with Crippen molar-refractivity contribution in [2.24, 2.45) is 0 Å². The highest BCUT2D eigenvalue weighted by Gasteiger charge is 2.15. The van der Waals surface area contributed by atoms with Crippen molar-refractivity contribution in [1.82, 2.24) is 15.3 Å². The number of nitrogens with zero attached hydrogens (tertiary/aromatic N) is 2. The summed E-state index contributed by atoms with van der Waals surface area (Å²) < 4.78 is 0. The molecule has 2 aromatic rings. The zero-order valence-electron chi connectivity index (χ0n) is 12.3. The number of aromatic nitrogens is 2. The largest absolute Gasteiger partial charge is 0.346 e. The second-order valence-electron chi connectivity index (χ2n) is 4.98. The van der Waals surface area contributed by atoms with E-state index in [1.165, 1.54) is 16.6 Å². The van der Waals surface area contributed by atoms with Gasteiger partial charge in [0.1, 0.15) is 11.5 Å². The smallest absolute Gasteiger partial charge is 0.271 e. The van der Waals surface area contributed by atoms with Crippen LogP contribution in [0, 0.1) is 0 Å². The van der Waals surface area contributed by atoms with Crippen molar-refractivity contribution in [3.8, 4) is 0 Å². The molecule has 0 fully saturated rings. The molecule has 21 heavy (non-hydrogen) atoms. The van der Waals surface area contributed by atoms with E-state index in [2.05, 4.69) is 28.3 Å². The first-order valence-electron chi connectivity index (χ1n) is 6.88. The number of thiophene rings is 1. The molecule has 0 aliphatic carbocycles. The average Bonchev–Trinajstić information content (AvgIpc) is 2.92. The van der Waals surface area contributed by atoms with Crippen LogP contribution in [0.5, 0.6) is 0 Å². The van der Waals surface area contributed by atoms with Crippen molar-refractivity contribution < 1.29 is 4.79 Å². The molecular weight excluding hydrogens is 306 g/mol. The molecule has 0 radical (unpaired) electrons. The maximum atomic E-state index is 12.3. The summed E-state index contributed by atoms with van der Waals surface area (Å²) in [6.45, 7) is 6.55. The van der Waals surface area contributed by atoms with Gasteiger partial charge in [0.15, 0.2) is 0 Å². The molecule has 0 atom stereocenters. The van der Waals surface area contributed by atoms with Gasteiger partial charge in [0, 0.05) is 10.8 Å². The van der Waals surface area contributed by atoms with Gasteiger partial charge >= 0.3 is 0 Å². The molecule has 0 saturated heterocycles. The summed E-state index contributed by atoms with van der Waals surface area (Å²) in [7, 11) is 0. The van der Waals surface area contributed by atoms with Gasteiger partial charge in [0.2, 0.25) is 0 Å². The summed E-state index contributed by atoms with van der Waals surface area (Å²) in [6.07, 6.45) is 2.45. The highest BCUT2D eigenvalue weighted by atomic mass is 35.5. The minimum atomic E-state index is -0.264. The number of hydrogen-bond donors (Lipinski definition) is 1. The van der Waals surface area contributed by atoms with Crippen LogP contribution < -0.4 is 5.32 Å². The predicted octanol–water partition coefficient (Wildman–Crippen LogP) is 3.81. The summed E-state index contributed by atoms with van der Waals surface area (Å²) in [6, 6.07) is 2.08. The second kappa shape index (κ2) is 7.00. The minimum absolute atomic E-state index is 0.151. The SMILES string of the molecule is CCc1ccsc1CNC(=O)c1nc(C(C)C)ncc1Cl. The molecule has 0 aliphatic heterocycles. The van der Waals surface area contributed by atoms with Gasteiger partial charge in [-0.15, -0.1) is 11.3 Å². The summed E-state index contributed by atoms with van der Waals surface area (Å²) in [4.78, 5) is 21.8. The van der Waals surface area contributed by atoms with E-state index in [4.69, 9.17) is 11.6 Å². The molecule has 1 N–H and O–H groups in total. The van der Waals surface area contributed by atoms with E-state index in [0.717, 1.165) is 6.42 Å². The lowest BCUT2D eigenvalue weighted by Crippen LogP contribution is -2.25. The van der Waals surface area contributed by atoms with Crippen LogP contribution in [0.3, 0.4) is 0 Å². The first kappa shape index (κ1) is 15.9. The Hall–Kier alpha value is -1.46. The zero-order chi connectivity index (χ0) is 15.4. The Morgan fingerprint density at radius 3 is 2.90 bits per heavy atom. The lowest BCUT2D eigenvalue weighted by atomic mass is 10.2. The highest BCUT2D eigenvalue weighted by Crippen LogP contribution is 2.19. The lowest BCUT2D eigenvalue weighted by molar-refractivity contribution is 0.0946. The third-order valence-electron chi connectivity index (χ3n) is 3.12. The summed E-state index contributed by atoms with van der Waals surface area (Å²) >= 11 is 7.67. The molecule has 0 aromatic carbocycles. The number of carbonyl (C=O) groups is 1. The molecule has 0 unspecified atom stereocenters. The van der Waals surface area contributed by atoms with Crippen LogP contribution in [0.15, 0.2) is 17.6 Å². The zero-order valence-corrected chi connectivity index (χ0v) is 13.9. The standard InChI is InChI=1S/C15H18ClN3OS/c1-4-10-5-6-21-12(10)8-18-15(20)13-11(16)7-17-14(19-13)9(2)3/h5-7,9H,4,8H2,1-3H3,(H,18,20). The number of rotatable bonds is 5. The Kier molecular flexibility index (Phi) is 5.31. The number of hydrogen-bond acceptors (Lipinski definition) is 4. The molecule has 0 spiro atoms. The molecule has 1 amide bonds. The second-order valence-corrected chi connectivity index (χ2v) is 6.39. The molecule has 0 saturated carbocycles. The van der Waals surface area contributed by atoms with Gasteiger partial charge in [-0.3, -0.25) is 4.79 Å². The van der Waals surface area contributed by atoms with Crippen molar-refractivity contribution in [2.75, 3.05) is 0 Å². The van der Waals surface area contributed by atoms with Gasteiger partial charge in [-0.25, -0.2) is 9.97 Å². The average molecular weight is 324 g/mol. The van der Waals surface area contributed by atoms with Crippen molar-refractivity contribution >= 4 is 28.8 Å². The quantitative estimate of drug-likeness (QED) is 0.910. The fourth-order valence-electron chi connectivity index (χ4n) is 1.90. The highest BCUT2D eigenvalue weighted by molar-refractivity contribution is 7.10. The topological polar surface area (TPSA) is 54.9 Å². The minimum Gasteiger partial charge on any atom is -0.346 e. The van der Waals surface area contributed by atoms with Crippen LogP contribution >= 0.6 is 22.9 Å². The van der Waals surface area contributed by atoms with E-state index in [-0.39, 0.29) is 22.5 Å². The Morgan fingerprint density at radius 1 is 1.48 bits per heavy atom. The van der Waals surface area contributed by atoms with E-state index in [0.29, 0.717) is 12.4 Å². The molecule has 2 rings (SSSR count). The summed E-state index contributed by atoms with van der Waals surface area (Å²) in [5, 5.41) is 5.19. The van der Waals surface area contributed by atoms with Crippen LogP contribution in [-0.4, -0.2) is 15.9 Å². The van der Waals surface area contributed by atoms with Crippen molar-refractivity contribution in [2.45, 2.75) is 39.7 Å². The van der Waals surface area contributed by atoms with Gasteiger partial charge < -0.3 is 5.32 Å². The molecule has 0 bridgehead atoms. The number of carbonyl (C=O) groups excluding carboxylic acids is 1. The fourth-order valence-corrected chi connectivity index (χ4v) is 2.99. The third-order valence-corrected chi connectivity index (χ3v) is 4.36. The van der Waals surface area contributed by atoms with Crippen LogP contribution in [0.25, 0.3) is 0 Å². The summed E-state index contributed by atoms with van der Waals surface area (Å²) in [5.41, 5.74) is 1.50. The number of aryl methyl sites for hydroxylation is 1. The van der Waals surface area contributed by atoms with Crippen molar-refractivity contribution in [3.05, 3.63) is 44.6 Å². The van der Waals surface area contributed by atoms with Gasteiger partial charge in [-0.1, -0.05) is 32.4 Å². The molecule has 2 aromatic heterocycles. The van der Waals surface area contributed by atoms with E-state index in [1.807, 2.05) is 19.2 Å². The molecule has 112 valence electrons. The normalized spacial score (nSPS) is 10.9.